The number of fused-ring (bicyclic) bond motifs is 1. The number of rotatable bonds is 8. The van der Waals surface area contributed by atoms with E-state index in [1.165, 1.54) is 6.20 Å². The van der Waals surface area contributed by atoms with Gasteiger partial charge in [0.05, 0.1) is 22.6 Å². The van der Waals surface area contributed by atoms with Crippen LogP contribution in [0.25, 0.3) is 16.9 Å². The van der Waals surface area contributed by atoms with Crippen molar-refractivity contribution in [3.8, 4) is 11.7 Å². The fraction of sp³-hybridized carbons (Fsp3) is 0.421. The van der Waals surface area contributed by atoms with Gasteiger partial charge in [-0.3, -0.25) is 14.8 Å². The maximum Gasteiger partial charge on any atom is 0.354 e. The summed E-state index contributed by atoms with van der Waals surface area (Å²) in [4.78, 5) is 19.6. The normalized spacial score (nSPS) is 13.7. The SMILES string of the molecule is Cc1cc(-n2nc(OCCCn3nc(Cl)c4cnc(Cl)nc43)c([N+](=O)[O-])c2C2CC2)n(C)n1. The molecule has 0 bridgehead atoms. The van der Waals surface area contributed by atoms with Crippen LogP contribution in [0.15, 0.2) is 12.3 Å². The Kier molecular flexibility index (Phi) is 5.41. The Morgan fingerprint density at radius 2 is 2.06 bits per heavy atom. The Bertz CT molecular complexity index is 1370. The molecule has 1 aliphatic rings. The fourth-order valence-corrected chi connectivity index (χ4v) is 4.16. The summed E-state index contributed by atoms with van der Waals surface area (Å²) in [6.07, 6.45) is 3.76. The molecule has 4 heterocycles. The van der Waals surface area contributed by atoms with E-state index in [9.17, 15) is 10.1 Å². The van der Waals surface area contributed by atoms with E-state index >= 15 is 0 Å². The third-order valence-electron chi connectivity index (χ3n) is 5.37. The summed E-state index contributed by atoms with van der Waals surface area (Å²) in [6.45, 7) is 2.46. The second-order valence-electron chi connectivity index (χ2n) is 7.84. The van der Waals surface area contributed by atoms with Crippen LogP contribution < -0.4 is 4.74 Å². The van der Waals surface area contributed by atoms with Crippen LogP contribution >= 0.6 is 23.2 Å². The number of aromatic nitrogens is 8. The van der Waals surface area contributed by atoms with Gasteiger partial charge >= 0.3 is 11.6 Å². The average Bonchev–Trinajstić information content (AvgIpc) is 3.35. The molecule has 172 valence electrons. The van der Waals surface area contributed by atoms with Gasteiger partial charge in [0.25, 0.3) is 0 Å². The molecule has 0 unspecified atom stereocenters. The molecule has 1 aliphatic carbocycles. The summed E-state index contributed by atoms with van der Waals surface area (Å²) in [5.74, 6) is 0.725. The van der Waals surface area contributed by atoms with E-state index in [-0.39, 0.29) is 34.5 Å². The quantitative estimate of drug-likeness (QED) is 0.158. The molecule has 0 atom stereocenters. The summed E-state index contributed by atoms with van der Waals surface area (Å²) in [5, 5.41) is 25.9. The van der Waals surface area contributed by atoms with Crippen LogP contribution in [-0.4, -0.2) is 50.8 Å². The second-order valence-corrected chi connectivity index (χ2v) is 8.54. The molecule has 33 heavy (non-hydrogen) atoms. The molecule has 12 nitrogen and oxygen atoms in total. The average molecular weight is 492 g/mol. The molecular formula is C19H19Cl2N9O3. The summed E-state index contributed by atoms with van der Waals surface area (Å²) in [7, 11) is 1.78. The lowest BCUT2D eigenvalue weighted by molar-refractivity contribution is -0.386. The van der Waals surface area contributed by atoms with Gasteiger partial charge in [-0.25, -0.2) is 14.3 Å². The van der Waals surface area contributed by atoms with Crippen molar-refractivity contribution in [1.29, 1.82) is 0 Å². The predicted octanol–water partition coefficient (Wildman–Crippen LogP) is 3.62. The monoisotopic (exact) mass is 491 g/mol. The van der Waals surface area contributed by atoms with Crippen LogP contribution in [0.5, 0.6) is 5.88 Å². The molecule has 4 aromatic heterocycles. The van der Waals surface area contributed by atoms with Crippen LogP contribution in [0.4, 0.5) is 5.69 Å². The Morgan fingerprint density at radius 1 is 1.27 bits per heavy atom. The van der Waals surface area contributed by atoms with Crippen molar-refractivity contribution in [2.24, 2.45) is 7.05 Å². The lowest BCUT2D eigenvalue weighted by atomic mass is 10.2. The summed E-state index contributed by atoms with van der Waals surface area (Å²) >= 11 is 12.0. The molecular weight excluding hydrogens is 473 g/mol. The third kappa shape index (κ3) is 4.00. The molecule has 0 radical (unpaired) electrons. The lowest BCUT2D eigenvalue weighted by Crippen LogP contribution is -2.08. The van der Waals surface area contributed by atoms with E-state index in [2.05, 4.69) is 25.3 Å². The van der Waals surface area contributed by atoms with Crippen LogP contribution in [-0.2, 0) is 13.6 Å². The molecule has 0 aromatic carbocycles. The van der Waals surface area contributed by atoms with Crippen LogP contribution in [0.1, 0.15) is 36.6 Å². The number of hydrogen-bond donors (Lipinski definition) is 0. The molecule has 0 amide bonds. The first kappa shape index (κ1) is 21.6. The highest BCUT2D eigenvalue weighted by atomic mass is 35.5. The van der Waals surface area contributed by atoms with Gasteiger partial charge in [-0.15, -0.1) is 5.10 Å². The molecule has 0 spiro atoms. The van der Waals surface area contributed by atoms with E-state index in [1.54, 1.807) is 21.1 Å². The minimum Gasteiger partial charge on any atom is -0.472 e. The van der Waals surface area contributed by atoms with Crippen molar-refractivity contribution >= 4 is 39.9 Å². The van der Waals surface area contributed by atoms with Crippen molar-refractivity contribution < 1.29 is 9.66 Å². The van der Waals surface area contributed by atoms with Crippen molar-refractivity contribution in [2.75, 3.05) is 6.61 Å². The molecule has 0 N–H and O–H groups in total. The van der Waals surface area contributed by atoms with Crippen molar-refractivity contribution in [3.05, 3.63) is 44.2 Å². The van der Waals surface area contributed by atoms with E-state index < -0.39 is 4.92 Å². The zero-order chi connectivity index (χ0) is 23.3. The number of aryl methyl sites for hydroxylation is 3. The van der Waals surface area contributed by atoms with Gasteiger partial charge in [0.15, 0.2) is 16.6 Å². The zero-order valence-corrected chi connectivity index (χ0v) is 19.3. The second kappa shape index (κ2) is 8.27. The highest BCUT2D eigenvalue weighted by Gasteiger charge is 2.40. The maximum absolute atomic E-state index is 11.9. The van der Waals surface area contributed by atoms with E-state index in [1.807, 2.05) is 13.0 Å². The molecule has 4 aromatic rings. The van der Waals surface area contributed by atoms with Crippen molar-refractivity contribution in [1.82, 2.24) is 39.3 Å². The first-order valence-electron chi connectivity index (χ1n) is 10.3. The first-order chi connectivity index (χ1) is 15.8. The third-order valence-corrected chi connectivity index (χ3v) is 5.83. The number of hydrogen-bond acceptors (Lipinski definition) is 8. The smallest absolute Gasteiger partial charge is 0.354 e. The fourth-order valence-electron chi connectivity index (χ4n) is 3.80. The van der Waals surface area contributed by atoms with Crippen LogP contribution in [0, 0.1) is 17.0 Å². The highest BCUT2D eigenvalue weighted by molar-refractivity contribution is 6.34. The molecule has 5 rings (SSSR count). The Hall–Kier alpha value is -3.25. The van der Waals surface area contributed by atoms with Gasteiger partial charge in [0.1, 0.15) is 5.69 Å². The van der Waals surface area contributed by atoms with E-state index in [0.717, 1.165) is 18.5 Å². The molecule has 14 heteroatoms. The van der Waals surface area contributed by atoms with Gasteiger partial charge < -0.3 is 4.74 Å². The Balaban J connectivity index is 1.38. The lowest BCUT2D eigenvalue weighted by Gasteiger charge is -2.05. The summed E-state index contributed by atoms with van der Waals surface area (Å²) < 4.78 is 10.6. The van der Waals surface area contributed by atoms with E-state index in [0.29, 0.717) is 35.5 Å². The predicted molar refractivity (Wildman–Crippen MR) is 119 cm³/mol. The molecule has 0 saturated heterocycles. The van der Waals surface area contributed by atoms with Gasteiger partial charge in [0.2, 0.25) is 5.28 Å². The number of nitrogens with zero attached hydrogens (tertiary/aromatic N) is 9. The standard InChI is InChI=1S/C19H19Cl2N9O3/c1-10-8-13(27(2)24-10)29-14(11-4-5-11)15(30(31)32)18(26-29)33-7-3-6-28-17-12(16(20)25-28)9-22-19(21)23-17/h8-9,11H,3-7H2,1-2H3. The van der Waals surface area contributed by atoms with Crippen LogP contribution in [0.2, 0.25) is 10.4 Å². The Labute approximate surface area is 197 Å². The van der Waals surface area contributed by atoms with Crippen molar-refractivity contribution in [3.63, 3.8) is 0 Å². The number of nitro groups is 1. The maximum atomic E-state index is 11.9. The minimum absolute atomic E-state index is 0.00511. The largest absolute Gasteiger partial charge is 0.472 e. The molecule has 1 fully saturated rings. The van der Waals surface area contributed by atoms with Gasteiger partial charge in [-0.05, 0) is 31.4 Å². The molecule has 1 saturated carbocycles. The topological polar surface area (TPSA) is 132 Å². The minimum atomic E-state index is -0.421. The summed E-state index contributed by atoms with van der Waals surface area (Å²) in [6, 6.07) is 1.84. The summed E-state index contributed by atoms with van der Waals surface area (Å²) in [5.41, 5.74) is 1.76. The zero-order valence-electron chi connectivity index (χ0n) is 17.8. The van der Waals surface area contributed by atoms with Crippen LogP contribution in [0.3, 0.4) is 0 Å². The van der Waals surface area contributed by atoms with Gasteiger partial charge in [-0.2, -0.15) is 15.2 Å². The first-order valence-corrected chi connectivity index (χ1v) is 11.0. The van der Waals surface area contributed by atoms with Crippen molar-refractivity contribution in [2.45, 2.75) is 38.6 Å². The van der Waals surface area contributed by atoms with Gasteiger partial charge in [-0.1, -0.05) is 11.6 Å². The van der Waals surface area contributed by atoms with E-state index in [4.69, 9.17) is 27.9 Å². The van der Waals surface area contributed by atoms with Gasteiger partial charge in [0, 0.05) is 38.2 Å². The number of halogens is 2. The Morgan fingerprint density at radius 3 is 2.73 bits per heavy atom. The number of ether oxygens (including phenoxy) is 1. The highest BCUT2D eigenvalue weighted by Crippen LogP contribution is 2.48. The molecule has 0 aliphatic heterocycles.